The SMILES string of the molecule is CC1(C)C2CCC1(CS(=O)(=O)O)C(=O)C2.O=C(OCc1ccccc1)[C@@H]1CC2CCCCC2N1. The van der Waals surface area contributed by atoms with E-state index in [1.54, 1.807) is 0 Å². The van der Waals surface area contributed by atoms with Crippen molar-refractivity contribution in [2.24, 2.45) is 22.7 Å². The fraction of sp³-hybridized carbons (Fsp3) is 0.692. The zero-order chi connectivity index (χ0) is 24.6. The van der Waals surface area contributed by atoms with Crippen molar-refractivity contribution in [3.8, 4) is 0 Å². The molecule has 34 heavy (non-hydrogen) atoms. The van der Waals surface area contributed by atoms with Crippen LogP contribution in [0.15, 0.2) is 30.3 Å². The van der Waals surface area contributed by atoms with E-state index < -0.39 is 21.3 Å². The fourth-order valence-corrected chi connectivity index (χ4v) is 8.05. The maximum absolute atomic E-state index is 12.1. The van der Waals surface area contributed by atoms with Gasteiger partial charge in [0.05, 0.1) is 11.2 Å². The first-order chi connectivity index (χ1) is 16.0. The molecule has 4 aliphatic rings. The zero-order valence-electron chi connectivity index (χ0n) is 20.2. The molecule has 1 saturated heterocycles. The number of fused-ring (bicyclic) bond motifs is 3. The van der Waals surface area contributed by atoms with Gasteiger partial charge in [-0.15, -0.1) is 0 Å². The molecule has 4 unspecified atom stereocenters. The van der Waals surface area contributed by atoms with Gasteiger partial charge in [0, 0.05) is 12.5 Å². The number of hydrogen-bond acceptors (Lipinski definition) is 6. The minimum absolute atomic E-state index is 0.0152. The van der Waals surface area contributed by atoms with Crippen LogP contribution in [-0.2, 0) is 31.1 Å². The summed E-state index contributed by atoms with van der Waals surface area (Å²) < 4.78 is 36.4. The van der Waals surface area contributed by atoms with Gasteiger partial charge in [0.25, 0.3) is 10.1 Å². The molecule has 0 spiro atoms. The van der Waals surface area contributed by atoms with Gasteiger partial charge >= 0.3 is 5.97 Å². The Morgan fingerprint density at radius 3 is 2.44 bits per heavy atom. The smallest absolute Gasteiger partial charge is 0.323 e. The number of carbonyl (C=O) groups excluding carboxylic acids is 2. The van der Waals surface area contributed by atoms with Crippen molar-refractivity contribution in [3.63, 3.8) is 0 Å². The maximum Gasteiger partial charge on any atom is 0.323 e. The highest BCUT2D eigenvalue weighted by Gasteiger charge is 2.65. The standard InChI is InChI=1S/C16H21NO2.C10H16O4S/c18-16(19-11-12-6-2-1-3-7-12)15-10-13-8-4-5-9-14(13)17-15;1-9(2)7-3-4-10(9,8(11)5-7)6-15(12,13)14/h1-3,6-7,13-15,17H,4-5,8-11H2;7H,3-6H2,1-2H3,(H,12,13,14)/t13?,14?,15-;/m0./s1. The van der Waals surface area contributed by atoms with Gasteiger partial charge in [-0.05, 0) is 54.9 Å². The van der Waals surface area contributed by atoms with Crippen molar-refractivity contribution < 1.29 is 27.3 Å². The van der Waals surface area contributed by atoms with E-state index >= 15 is 0 Å². The minimum Gasteiger partial charge on any atom is -0.460 e. The first kappa shape index (κ1) is 25.3. The normalized spacial score (nSPS) is 33.7. The van der Waals surface area contributed by atoms with Crippen LogP contribution in [0, 0.1) is 22.7 Å². The van der Waals surface area contributed by atoms with E-state index in [4.69, 9.17) is 9.29 Å². The highest BCUT2D eigenvalue weighted by atomic mass is 32.2. The van der Waals surface area contributed by atoms with Gasteiger partial charge in [-0.3, -0.25) is 14.1 Å². The molecule has 5 rings (SSSR count). The summed E-state index contributed by atoms with van der Waals surface area (Å²) in [6, 6.07) is 10.3. The Balaban J connectivity index is 0.000000166. The second-order valence-electron chi connectivity index (χ2n) is 11.1. The first-order valence-electron chi connectivity index (χ1n) is 12.5. The number of rotatable bonds is 5. The summed E-state index contributed by atoms with van der Waals surface area (Å²) in [5.41, 5.74) is -0.0724. The van der Waals surface area contributed by atoms with Crippen LogP contribution < -0.4 is 5.32 Å². The van der Waals surface area contributed by atoms with Crippen LogP contribution in [0.1, 0.15) is 70.8 Å². The molecule has 0 aromatic heterocycles. The van der Waals surface area contributed by atoms with E-state index in [1.165, 1.54) is 25.7 Å². The molecule has 188 valence electrons. The lowest BCUT2D eigenvalue weighted by molar-refractivity contribution is -0.147. The van der Waals surface area contributed by atoms with Gasteiger partial charge in [0.1, 0.15) is 18.4 Å². The first-order valence-corrected chi connectivity index (χ1v) is 14.1. The summed E-state index contributed by atoms with van der Waals surface area (Å²) in [5.74, 6) is 0.497. The minimum atomic E-state index is -4.08. The van der Waals surface area contributed by atoms with Crippen molar-refractivity contribution >= 4 is 21.9 Å². The number of ketones is 1. The van der Waals surface area contributed by atoms with Crippen molar-refractivity contribution in [2.45, 2.75) is 83.9 Å². The van der Waals surface area contributed by atoms with E-state index in [-0.39, 0.29) is 29.1 Å². The Bertz CT molecular complexity index is 993. The molecule has 3 saturated carbocycles. The molecule has 8 heteroatoms. The summed E-state index contributed by atoms with van der Waals surface area (Å²) in [4.78, 5) is 24.0. The van der Waals surface area contributed by atoms with Gasteiger partial charge in [0.2, 0.25) is 0 Å². The highest BCUT2D eigenvalue weighted by molar-refractivity contribution is 7.85. The van der Waals surface area contributed by atoms with Crippen LogP contribution in [0.5, 0.6) is 0 Å². The second-order valence-corrected chi connectivity index (χ2v) is 12.5. The summed E-state index contributed by atoms with van der Waals surface area (Å²) in [6.45, 7) is 4.27. The van der Waals surface area contributed by atoms with Crippen LogP contribution >= 0.6 is 0 Å². The van der Waals surface area contributed by atoms with Crippen molar-refractivity contribution in [1.82, 2.24) is 5.32 Å². The molecule has 3 aliphatic carbocycles. The summed E-state index contributed by atoms with van der Waals surface area (Å²) in [5, 5.41) is 3.45. The molecule has 2 bridgehead atoms. The molecule has 1 aromatic rings. The van der Waals surface area contributed by atoms with Crippen LogP contribution in [0.25, 0.3) is 0 Å². The van der Waals surface area contributed by atoms with E-state index in [0.29, 0.717) is 31.4 Å². The van der Waals surface area contributed by atoms with Gasteiger partial charge in [0.15, 0.2) is 0 Å². The predicted octanol–water partition coefficient (Wildman–Crippen LogP) is 3.92. The Kier molecular flexibility index (Phi) is 7.23. The lowest BCUT2D eigenvalue weighted by Gasteiger charge is -2.35. The van der Waals surface area contributed by atoms with Gasteiger partial charge in [-0.25, -0.2) is 0 Å². The number of carbonyl (C=O) groups is 2. The van der Waals surface area contributed by atoms with Crippen LogP contribution in [0.4, 0.5) is 0 Å². The molecule has 7 nitrogen and oxygen atoms in total. The maximum atomic E-state index is 12.1. The zero-order valence-corrected chi connectivity index (χ0v) is 21.0. The van der Waals surface area contributed by atoms with Crippen molar-refractivity contribution in [2.75, 3.05) is 5.75 Å². The quantitative estimate of drug-likeness (QED) is 0.474. The van der Waals surface area contributed by atoms with Crippen molar-refractivity contribution in [3.05, 3.63) is 35.9 Å². The molecule has 1 aromatic carbocycles. The number of Topliss-reactive ketones (excluding diaryl/α,β-unsaturated/α-hetero) is 1. The molecule has 0 amide bonds. The molecule has 1 heterocycles. The molecular formula is C26H37NO6S. The largest absolute Gasteiger partial charge is 0.460 e. The molecule has 0 radical (unpaired) electrons. The number of hydrogen-bond donors (Lipinski definition) is 2. The lowest BCUT2D eigenvalue weighted by Crippen LogP contribution is -2.42. The third-order valence-corrected chi connectivity index (χ3v) is 9.80. The average molecular weight is 492 g/mol. The number of esters is 1. The molecule has 2 N–H and O–H groups in total. The van der Waals surface area contributed by atoms with Crippen molar-refractivity contribution in [1.29, 1.82) is 0 Å². The average Bonchev–Trinajstić information content (AvgIpc) is 3.38. The lowest BCUT2D eigenvalue weighted by atomic mass is 9.70. The molecule has 5 atom stereocenters. The third kappa shape index (κ3) is 5.09. The fourth-order valence-electron chi connectivity index (χ4n) is 6.75. The van der Waals surface area contributed by atoms with Gasteiger partial charge in [-0.1, -0.05) is 57.0 Å². The van der Waals surface area contributed by atoms with Gasteiger partial charge < -0.3 is 10.1 Å². The molecular weight excluding hydrogens is 454 g/mol. The van der Waals surface area contributed by atoms with E-state index in [9.17, 15) is 18.0 Å². The summed E-state index contributed by atoms with van der Waals surface area (Å²) >= 11 is 0. The summed E-state index contributed by atoms with van der Waals surface area (Å²) in [6.07, 6.45) is 8.01. The van der Waals surface area contributed by atoms with E-state index in [1.807, 2.05) is 44.2 Å². The van der Waals surface area contributed by atoms with Crippen LogP contribution in [-0.4, -0.2) is 42.6 Å². The van der Waals surface area contributed by atoms with E-state index in [0.717, 1.165) is 18.4 Å². The monoisotopic (exact) mass is 491 g/mol. The molecule has 4 fully saturated rings. The Hall–Kier alpha value is -1.77. The number of nitrogens with one attached hydrogen (secondary N) is 1. The molecule has 1 aliphatic heterocycles. The predicted molar refractivity (Wildman–Crippen MR) is 129 cm³/mol. The topological polar surface area (TPSA) is 110 Å². The van der Waals surface area contributed by atoms with Crippen LogP contribution in [0.3, 0.4) is 0 Å². The number of ether oxygens (including phenoxy) is 1. The van der Waals surface area contributed by atoms with E-state index in [2.05, 4.69) is 5.32 Å². The van der Waals surface area contributed by atoms with Crippen LogP contribution in [0.2, 0.25) is 0 Å². The Labute approximate surface area is 202 Å². The Morgan fingerprint density at radius 1 is 1.15 bits per heavy atom. The third-order valence-electron chi connectivity index (χ3n) is 8.94. The Morgan fingerprint density at radius 2 is 1.85 bits per heavy atom. The second kappa shape index (κ2) is 9.70. The van der Waals surface area contributed by atoms with Gasteiger partial charge in [-0.2, -0.15) is 8.42 Å². The number of benzene rings is 1. The highest BCUT2D eigenvalue weighted by Crippen LogP contribution is 2.64. The summed E-state index contributed by atoms with van der Waals surface area (Å²) in [7, 11) is -4.08.